The third-order valence-electron chi connectivity index (χ3n) is 2.00. The van der Waals surface area contributed by atoms with Crippen molar-refractivity contribution in [3.8, 4) is 0 Å². The number of aliphatic hydroxyl groups excluding tert-OH is 1. The van der Waals surface area contributed by atoms with E-state index in [1.807, 2.05) is 18.2 Å². The molecule has 0 spiro atoms. The smallest absolute Gasteiger partial charge is 0.271 e. The number of aliphatic hydroxyl groups is 1. The van der Waals surface area contributed by atoms with Gasteiger partial charge in [-0.05, 0) is 18.2 Å². The minimum atomic E-state index is -0.271. The molecule has 2 rings (SSSR count). The SMILES string of the molecule is O=C(NCCO)c1cc2ccccn2n1. The molecule has 2 aromatic rings. The molecule has 0 aliphatic heterocycles. The van der Waals surface area contributed by atoms with Crippen LogP contribution < -0.4 is 5.32 Å². The molecule has 0 atom stereocenters. The van der Waals surface area contributed by atoms with Crippen molar-refractivity contribution in [2.75, 3.05) is 13.2 Å². The lowest BCUT2D eigenvalue weighted by Gasteiger charge is -1.97. The summed E-state index contributed by atoms with van der Waals surface area (Å²) >= 11 is 0. The van der Waals surface area contributed by atoms with Crippen molar-refractivity contribution < 1.29 is 9.90 Å². The number of carbonyl (C=O) groups excluding carboxylic acids is 1. The molecule has 78 valence electrons. The molecule has 0 aliphatic rings. The highest BCUT2D eigenvalue weighted by molar-refractivity contribution is 5.93. The molecular weight excluding hydrogens is 194 g/mol. The van der Waals surface area contributed by atoms with Crippen molar-refractivity contribution in [3.05, 3.63) is 36.2 Å². The van der Waals surface area contributed by atoms with E-state index in [-0.39, 0.29) is 19.1 Å². The van der Waals surface area contributed by atoms with Gasteiger partial charge >= 0.3 is 0 Å². The van der Waals surface area contributed by atoms with Crippen LogP contribution in [0, 0.1) is 0 Å². The molecule has 2 N–H and O–H groups in total. The van der Waals surface area contributed by atoms with Crippen molar-refractivity contribution in [3.63, 3.8) is 0 Å². The molecule has 0 saturated carbocycles. The lowest BCUT2D eigenvalue weighted by molar-refractivity contribution is 0.0939. The Hall–Kier alpha value is -1.88. The summed E-state index contributed by atoms with van der Waals surface area (Å²) in [5.41, 5.74) is 1.22. The van der Waals surface area contributed by atoms with Crippen LogP contribution in [0.3, 0.4) is 0 Å². The van der Waals surface area contributed by atoms with Crippen molar-refractivity contribution in [2.45, 2.75) is 0 Å². The van der Waals surface area contributed by atoms with Crippen LogP contribution in [0.5, 0.6) is 0 Å². The van der Waals surface area contributed by atoms with Gasteiger partial charge in [-0.1, -0.05) is 6.07 Å². The molecule has 2 heterocycles. The van der Waals surface area contributed by atoms with Crippen molar-refractivity contribution in [2.24, 2.45) is 0 Å². The topological polar surface area (TPSA) is 66.6 Å². The fraction of sp³-hybridized carbons (Fsp3) is 0.200. The predicted molar refractivity (Wildman–Crippen MR) is 54.6 cm³/mol. The molecule has 0 radical (unpaired) electrons. The van der Waals surface area contributed by atoms with Gasteiger partial charge in [0.15, 0.2) is 5.69 Å². The predicted octanol–water partition coefficient (Wildman–Crippen LogP) is 0.0564. The van der Waals surface area contributed by atoms with Gasteiger partial charge in [0.05, 0.1) is 12.1 Å². The van der Waals surface area contributed by atoms with Gasteiger partial charge in [0.25, 0.3) is 5.91 Å². The van der Waals surface area contributed by atoms with Crippen LogP contribution >= 0.6 is 0 Å². The summed E-state index contributed by atoms with van der Waals surface area (Å²) in [5, 5.41) is 15.2. The van der Waals surface area contributed by atoms with Crippen LogP contribution in [0.1, 0.15) is 10.5 Å². The normalized spacial score (nSPS) is 10.5. The largest absolute Gasteiger partial charge is 0.395 e. The molecule has 2 aromatic heterocycles. The Balaban J connectivity index is 2.25. The summed E-state index contributed by atoms with van der Waals surface area (Å²) in [5.74, 6) is -0.271. The Morgan fingerprint density at radius 1 is 1.53 bits per heavy atom. The molecule has 1 amide bonds. The van der Waals surface area contributed by atoms with Crippen LogP contribution in [-0.2, 0) is 0 Å². The van der Waals surface area contributed by atoms with E-state index in [2.05, 4.69) is 10.4 Å². The summed E-state index contributed by atoms with van der Waals surface area (Å²) in [6.45, 7) is 0.172. The van der Waals surface area contributed by atoms with E-state index in [4.69, 9.17) is 5.11 Å². The number of hydrogen-bond donors (Lipinski definition) is 2. The highest BCUT2D eigenvalue weighted by Crippen LogP contribution is 2.05. The first kappa shape index (κ1) is 9.67. The number of amides is 1. The molecule has 0 fully saturated rings. The van der Waals surface area contributed by atoms with E-state index in [1.54, 1.807) is 16.8 Å². The molecule has 0 aromatic carbocycles. The van der Waals surface area contributed by atoms with Crippen molar-refractivity contribution >= 4 is 11.4 Å². The molecule has 5 heteroatoms. The van der Waals surface area contributed by atoms with E-state index in [9.17, 15) is 4.79 Å². The summed E-state index contributed by atoms with van der Waals surface area (Å²) in [6.07, 6.45) is 1.78. The van der Waals surface area contributed by atoms with E-state index >= 15 is 0 Å². The number of pyridine rings is 1. The van der Waals surface area contributed by atoms with Gasteiger partial charge in [-0.25, -0.2) is 4.52 Å². The lowest BCUT2D eigenvalue weighted by atomic mass is 10.3. The maximum atomic E-state index is 11.5. The number of nitrogens with one attached hydrogen (secondary N) is 1. The zero-order valence-corrected chi connectivity index (χ0v) is 8.05. The van der Waals surface area contributed by atoms with Gasteiger partial charge in [0, 0.05) is 12.7 Å². The number of nitrogens with zero attached hydrogens (tertiary/aromatic N) is 2. The monoisotopic (exact) mass is 205 g/mol. The zero-order valence-electron chi connectivity index (χ0n) is 8.05. The van der Waals surface area contributed by atoms with Crippen LogP contribution in [0.15, 0.2) is 30.5 Å². The average Bonchev–Trinajstić information content (AvgIpc) is 2.69. The average molecular weight is 205 g/mol. The van der Waals surface area contributed by atoms with Gasteiger partial charge < -0.3 is 10.4 Å². The van der Waals surface area contributed by atoms with Crippen LogP contribution in [-0.4, -0.2) is 33.8 Å². The molecular formula is C10H11N3O2. The first-order valence-corrected chi connectivity index (χ1v) is 4.65. The van der Waals surface area contributed by atoms with E-state index < -0.39 is 0 Å². The Morgan fingerprint density at radius 3 is 3.13 bits per heavy atom. The molecule has 0 unspecified atom stereocenters. The third kappa shape index (κ3) is 1.97. The van der Waals surface area contributed by atoms with Gasteiger partial charge in [-0.2, -0.15) is 5.10 Å². The fourth-order valence-corrected chi connectivity index (χ4v) is 1.31. The fourth-order valence-electron chi connectivity index (χ4n) is 1.31. The Morgan fingerprint density at radius 2 is 2.40 bits per heavy atom. The van der Waals surface area contributed by atoms with E-state index in [0.29, 0.717) is 5.69 Å². The third-order valence-corrected chi connectivity index (χ3v) is 2.00. The molecule has 5 nitrogen and oxygen atoms in total. The Bertz CT molecular complexity index is 445. The molecule has 0 bridgehead atoms. The second-order valence-corrected chi connectivity index (χ2v) is 3.08. The highest BCUT2D eigenvalue weighted by atomic mass is 16.3. The van der Waals surface area contributed by atoms with Gasteiger partial charge in [0.2, 0.25) is 0 Å². The molecule has 0 saturated heterocycles. The van der Waals surface area contributed by atoms with Crippen molar-refractivity contribution in [1.29, 1.82) is 0 Å². The summed E-state index contributed by atoms with van der Waals surface area (Å²) < 4.78 is 1.63. The van der Waals surface area contributed by atoms with E-state index in [0.717, 1.165) is 5.52 Å². The first-order valence-electron chi connectivity index (χ1n) is 4.65. The lowest BCUT2D eigenvalue weighted by Crippen LogP contribution is -2.26. The second-order valence-electron chi connectivity index (χ2n) is 3.08. The second kappa shape index (κ2) is 4.10. The Labute approximate surface area is 86.3 Å². The van der Waals surface area contributed by atoms with Gasteiger partial charge in [0.1, 0.15) is 0 Å². The van der Waals surface area contributed by atoms with Crippen LogP contribution in [0.2, 0.25) is 0 Å². The summed E-state index contributed by atoms with van der Waals surface area (Å²) in [4.78, 5) is 11.5. The maximum absolute atomic E-state index is 11.5. The highest BCUT2D eigenvalue weighted by Gasteiger charge is 2.08. The standard InChI is InChI=1S/C10H11N3O2/c14-6-4-11-10(15)9-7-8-3-1-2-5-13(8)12-9/h1-3,5,7,14H,4,6H2,(H,11,15). The molecule has 0 aliphatic carbocycles. The van der Waals surface area contributed by atoms with Gasteiger partial charge in [-0.3, -0.25) is 4.79 Å². The van der Waals surface area contributed by atoms with E-state index in [1.165, 1.54) is 0 Å². The number of carbonyl (C=O) groups is 1. The molecule has 15 heavy (non-hydrogen) atoms. The minimum Gasteiger partial charge on any atom is -0.395 e. The van der Waals surface area contributed by atoms with Gasteiger partial charge in [-0.15, -0.1) is 0 Å². The number of aromatic nitrogens is 2. The Kier molecular flexibility index (Phi) is 2.64. The van der Waals surface area contributed by atoms with Crippen LogP contribution in [0.25, 0.3) is 5.52 Å². The summed E-state index contributed by atoms with van der Waals surface area (Å²) in [6, 6.07) is 7.30. The number of rotatable bonds is 3. The summed E-state index contributed by atoms with van der Waals surface area (Å²) in [7, 11) is 0. The first-order chi connectivity index (χ1) is 7.31. The maximum Gasteiger partial charge on any atom is 0.271 e. The number of fused-ring (bicyclic) bond motifs is 1. The quantitative estimate of drug-likeness (QED) is 0.744. The van der Waals surface area contributed by atoms with Crippen molar-refractivity contribution in [1.82, 2.24) is 14.9 Å². The number of hydrogen-bond acceptors (Lipinski definition) is 3. The zero-order chi connectivity index (χ0) is 10.7. The minimum absolute atomic E-state index is 0.0703. The van der Waals surface area contributed by atoms with Crippen LogP contribution in [0.4, 0.5) is 0 Å².